The number of nitrogens with one attached hydrogen (secondary N) is 1. The van der Waals surface area contributed by atoms with Gasteiger partial charge in [-0.3, -0.25) is 4.79 Å². The molecule has 1 N–H and O–H groups in total. The predicted molar refractivity (Wildman–Crippen MR) is 101 cm³/mol. The van der Waals surface area contributed by atoms with Crippen molar-refractivity contribution in [2.45, 2.75) is 13.3 Å². The van der Waals surface area contributed by atoms with Gasteiger partial charge in [0.2, 0.25) is 0 Å². The molecule has 0 bridgehead atoms. The lowest BCUT2D eigenvalue weighted by atomic mass is 10.0. The molecule has 4 nitrogen and oxygen atoms in total. The summed E-state index contributed by atoms with van der Waals surface area (Å²) in [7, 11) is 0. The van der Waals surface area contributed by atoms with Crippen molar-refractivity contribution in [1.82, 2.24) is 9.97 Å². The molecule has 0 spiro atoms. The highest BCUT2D eigenvalue weighted by atomic mass is 35.5. The normalized spacial score (nSPS) is 13.8. The number of hydrogen-bond acceptors (Lipinski definition) is 2. The molecule has 0 aliphatic carbocycles. The molecule has 1 aliphatic heterocycles. The number of aromatic nitrogens is 2. The highest BCUT2D eigenvalue weighted by Gasteiger charge is 2.29. The molecule has 132 valence electrons. The van der Waals surface area contributed by atoms with Gasteiger partial charge in [-0.25, -0.2) is 9.37 Å². The van der Waals surface area contributed by atoms with Crippen LogP contribution in [0.4, 0.5) is 10.1 Å². The summed E-state index contributed by atoms with van der Waals surface area (Å²) in [4.78, 5) is 21.9. The van der Waals surface area contributed by atoms with Gasteiger partial charge in [-0.2, -0.15) is 0 Å². The van der Waals surface area contributed by atoms with Crippen LogP contribution in [0.2, 0.25) is 10.2 Å². The zero-order valence-corrected chi connectivity index (χ0v) is 15.3. The Bertz CT molecular complexity index is 1010. The summed E-state index contributed by atoms with van der Waals surface area (Å²) in [5, 5.41) is 0.681. The first-order valence-corrected chi connectivity index (χ1v) is 8.81. The van der Waals surface area contributed by atoms with Crippen molar-refractivity contribution in [3.05, 3.63) is 69.3 Å². The number of amides is 1. The Hall–Kier alpha value is -2.37. The van der Waals surface area contributed by atoms with Gasteiger partial charge in [-0.1, -0.05) is 29.3 Å². The number of halogens is 3. The smallest absolute Gasteiger partial charge is 0.260 e. The Morgan fingerprint density at radius 2 is 2.08 bits per heavy atom. The van der Waals surface area contributed by atoms with Crippen LogP contribution in [0.3, 0.4) is 0 Å². The fourth-order valence-corrected chi connectivity index (χ4v) is 3.75. The van der Waals surface area contributed by atoms with E-state index < -0.39 is 5.82 Å². The maximum atomic E-state index is 14.2. The molecule has 1 aliphatic rings. The van der Waals surface area contributed by atoms with Crippen molar-refractivity contribution >= 4 is 34.8 Å². The summed E-state index contributed by atoms with van der Waals surface area (Å²) in [6.07, 6.45) is 2.22. The predicted octanol–water partition coefficient (Wildman–Crippen LogP) is 5.03. The van der Waals surface area contributed by atoms with E-state index in [4.69, 9.17) is 23.2 Å². The third-order valence-corrected chi connectivity index (χ3v) is 5.05. The first kappa shape index (κ1) is 17.1. The van der Waals surface area contributed by atoms with E-state index in [0.29, 0.717) is 34.4 Å². The van der Waals surface area contributed by atoms with Crippen molar-refractivity contribution < 1.29 is 9.18 Å². The van der Waals surface area contributed by atoms with Crippen molar-refractivity contribution in [3.8, 4) is 11.3 Å². The van der Waals surface area contributed by atoms with Gasteiger partial charge in [0.25, 0.3) is 5.91 Å². The minimum absolute atomic E-state index is 0.159. The van der Waals surface area contributed by atoms with Gasteiger partial charge in [-0.05, 0) is 36.8 Å². The van der Waals surface area contributed by atoms with Gasteiger partial charge in [-0.15, -0.1) is 0 Å². The Morgan fingerprint density at radius 1 is 1.27 bits per heavy atom. The number of fused-ring (bicyclic) bond motifs is 1. The largest absolute Gasteiger partial charge is 0.358 e. The number of benzene rings is 1. The standard InChI is InChI=1S/C19H14Cl2FN3O/c1-10-7-17(21)23-9-16(10)25-6-5-14-11(19(25)26)8-15(24-14)18-12(20)3-2-4-13(18)22/h2-4,7-9,24H,5-6H2,1H3. The summed E-state index contributed by atoms with van der Waals surface area (Å²) in [5.41, 5.74) is 3.65. The lowest BCUT2D eigenvalue weighted by molar-refractivity contribution is 0.0980. The summed E-state index contributed by atoms with van der Waals surface area (Å²) in [6.45, 7) is 2.38. The molecule has 1 aromatic carbocycles. The molecule has 0 atom stereocenters. The van der Waals surface area contributed by atoms with Gasteiger partial charge >= 0.3 is 0 Å². The molecule has 3 heterocycles. The molecule has 0 saturated carbocycles. The quantitative estimate of drug-likeness (QED) is 0.624. The second-order valence-electron chi connectivity index (χ2n) is 6.17. The van der Waals surface area contributed by atoms with E-state index in [1.54, 1.807) is 35.4 Å². The number of hydrogen-bond donors (Lipinski definition) is 1. The maximum absolute atomic E-state index is 14.2. The number of rotatable bonds is 2. The zero-order valence-electron chi connectivity index (χ0n) is 13.8. The lowest BCUT2D eigenvalue weighted by Gasteiger charge is -2.27. The van der Waals surface area contributed by atoms with Crippen LogP contribution in [-0.2, 0) is 6.42 Å². The van der Waals surface area contributed by atoms with Crippen LogP contribution in [-0.4, -0.2) is 22.4 Å². The first-order valence-electron chi connectivity index (χ1n) is 8.06. The molecule has 1 amide bonds. The Labute approximate surface area is 159 Å². The van der Waals surface area contributed by atoms with Gasteiger partial charge in [0.15, 0.2) is 0 Å². The average molecular weight is 390 g/mol. The number of aryl methyl sites for hydroxylation is 1. The second-order valence-corrected chi connectivity index (χ2v) is 6.97. The first-order chi connectivity index (χ1) is 12.5. The summed E-state index contributed by atoms with van der Waals surface area (Å²) < 4.78 is 14.2. The summed E-state index contributed by atoms with van der Waals surface area (Å²) in [6, 6.07) is 7.90. The molecular formula is C19H14Cl2FN3O. The zero-order chi connectivity index (χ0) is 18.4. The number of H-pyrrole nitrogens is 1. The van der Waals surface area contributed by atoms with E-state index in [1.165, 1.54) is 6.07 Å². The molecule has 0 unspecified atom stereocenters. The van der Waals surface area contributed by atoms with Crippen molar-refractivity contribution in [3.63, 3.8) is 0 Å². The second kappa shape index (κ2) is 6.41. The van der Waals surface area contributed by atoms with Crippen LogP contribution in [0, 0.1) is 12.7 Å². The number of nitrogens with zero attached hydrogens (tertiary/aromatic N) is 2. The van der Waals surface area contributed by atoms with Gasteiger partial charge in [0, 0.05) is 18.7 Å². The topological polar surface area (TPSA) is 49.0 Å². The molecule has 7 heteroatoms. The van der Waals surface area contributed by atoms with E-state index >= 15 is 0 Å². The number of anilines is 1. The number of carbonyl (C=O) groups is 1. The molecule has 0 radical (unpaired) electrons. The van der Waals surface area contributed by atoms with Gasteiger partial charge in [0.1, 0.15) is 11.0 Å². The third kappa shape index (κ3) is 2.77. The van der Waals surface area contributed by atoms with E-state index in [0.717, 1.165) is 16.9 Å². The van der Waals surface area contributed by atoms with Crippen LogP contribution in [0.5, 0.6) is 0 Å². The maximum Gasteiger partial charge on any atom is 0.260 e. The number of aromatic amines is 1. The average Bonchev–Trinajstić information content (AvgIpc) is 3.00. The fourth-order valence-electron chi connectivity index (χ4n) is 3.27. The fraction of sp³-hybridized carbons (Fsp3) is 0.158. The summed E-state index contributed by atoms with van der Waals surface area (Å²) in [5.74, 6) is -0.591. The summed E-state index contributed by atoms with van der Waals surface area (Å²) >= 11 is 12.1. The molecule has 3 aromatic rings. The Balaban J connectivity index is 1.75. The van der Waals surface area contributed by atoms with Gasteiger partial charge in [0.05, 0.1) is 33.7 Å². The highest BCUT2D eigenvalue weighted by Crippen LogP contribution is 2.34. The van der Waals surface area contributed by atoms with Crippen molar-refractivity contribution in [1.29, 1.82) is 0 Å². The van der Waals surface area contributed by atoms with Crippen LogP contribution in [0.15, 0.2) is 36.5 Å². The molecule has 2 aromatic heterocycles. The molecular weight excluding hydrogens is 376 g/mol. The molecule has 4 rings (SSSR count). The van der Waals surface area contributed by atoms with Crippen molar-refractivity contribution in [2.24, 2.45) is 0 Å². The van der Waals surface area contributed by atoms with E-state index in [1.807, 2.05) is 6.92 Å². The van der Waals surface area contributed by atoms with Crippen LogP contribution in [0.1, 0.15) is 21.6 Å². The van der Waals surface area contributed by atoms with E-state index in [2.05, 4.69) is 9.97 Å². The lowest BCUT2D eigenvalue weighted by Crippen LogP contribution is -2.37. The van der Waals surface area contributed by atoms with Crippen LogP contribution < -0.4 is 4.90 Å². The Morgan fingerprint density at radius 3 is 2.81 bits per heavy atom. The Kier molecular flexibility index (Phi) is 4.21. The van der Waals surface area contributed by atoms with E-state index in [-0.39, 0.29) is 11.5 Å². The van der Waals surface area contributed by atoms with Gasteiger partial charge < -0.3 is 9.88 Å². The number of carbonyl (C=O) groups excluding carboxylic acids is 1. The van der Waals surface area contributed by atoms with Crippen molar-refractivity contribution in [2.75, 3.05) is 11.4 Å². The van der Waals surface area contributed by atoms with Crippen LogP contribution >= 0.6 is 23.2 Å². The minimum atomic E-state index is -0.432. The van der Waals surface area contributed by atoms with Crippen LogP contribution in [0.25, 0.3) is 11.3 Å². The third-order valence-electron chi connectivity index (χ3n) is 4.53. The highest BCUT2D eigenvalue weighted by molar-refractivity contribution is 6.33. The van der Waals surface area contributed by atoms with E-state index in [9.17, 15) is 9.18 Å². The number of pyridine rings is 1. The molecule has 0 saturated heterocycles. The monoisotopic (exact) mass is 389 g/mol. The minimum Gasteiger partial charge on any atom is -0.358 e. The molecule has 0 fully saturated rings. The SMILES string of the molecule is Cc1cc(Cl)ncc1N1CCc2[nH]c(-c3c(F)cccc3Cl)cc2C1=O. The molecule has 26 heavy (non-hydrogen) atoms.